The van der Waals surface area contributed by atoms with E-state index in [1.165, 1.54) is 18.9 Å². The van der Waals surface area contributed by atoms with Crippen molar-refractivity contribution in [3.63, 3.8) is 0 Å². The summed E-state index contributed by atoms with van der Waals surface area (Å²) in [6.07, 6.45) is 0. The average Bonchev–Trinajstić information content (AvgIpc) is 2.59. The van der Waals surface area contributed by atoms with Gasteiger partial charge >= 0.3 is 5.97 Å². The number of methoxy groups -OCH3 is 1. The first-order valence-electron chi connectivity index (χ1n) is 6.87. The number of ether oxygens (including phenoxy) is 1. The SMILES string of the molecule is COC(=O)CSC/C(=N\Nc1ccccc1)c1ccccc1. The molecule has 0 aliphatic heterocycles. The first kappa shape index (κ1) is 16.1. The van der Waals surface area contributed by atoms with Crippen LogP contribution in [0.2, 0.25) is 0 Å². The molecule has 0 amide bonds. The van der Waals surface area contributed by atoms with E-state index in [1.54, 1.807) is 0 Å². The van der Waals surface area contributed by atoms with Crippen molar-refractivity contribution >= 4 is 29.1 Å². The van der Waals surface area contributed by atoms with Crippen molar-refractivity contribution in [3.05, 3.63) is 66.2 Å². The van der Waals surface area contributed by atoms with Crippen LogP contribution < -0.4 is 5.43 Å². The van der Waals surface area contributed by atoms with Gasteiger partial charge in [0.2, 0.25) is 0 Å². The molecule has 2 aromatic rings. The molecule has 0 saturated carbocycles. The van der Waals surface area contributed by atoms with Crippen LogP contribution >= 0.6 is 11.8 Å². The van der Waals surface area contributed by atoms with Gasteiger partial charge < -0.3 is 4.74 Å². The number of para-hydroxylation sites is 1. The Hall–Kier alpha value is -2.27. The summed E-state index contributed by atoms with van der Waals surface area (Å²) in [6.45, 7) is 0. The van der Waals surface area contributed by atoms with Crippen molar-refractivity contribution in [3.8, 4) is 0 Å². The van der Waals surface area contributed by atoms with E-state index in [9.17, 15) is 4.79 Å². The van der Waals surface area contributed by atoms with Crippen LogP contribution in [0.15, 0.2) is 65.8 Å². The molecule has 2 rings (SSSR count). The van der Waals surface area contributed by atoms with Gasteiger partial charge in [-0.15, -0.1) is 11.8 Å². The van der Waals surface area contributed by atoms with E-state index < -0.39 is 0 Å². The lowest BCUT2D eigenvalue weighted by molar-refractivity contribution is -0.137. The number of hydrogen-bond donors (Lipinski definition) is 1. The van der Waals surface area contributed by atoms with E-state index in [-0.39, 0.29) is 5.97 Å². The molecule has 2 aromatic carbocycles. The fourth-order valence-corrected chi connectivity index (χ4v) is 2.56. The molecule has 0 bridgehead atoms. The second-order valence-electron chi connectivity index (χ2n) is 4.47. The van der Waals surface area contributed by atoms with Gasteiger partial charge in [-0.05, 0) is 17.7 Å². The predicted molar refractivity (Wildman–Crippen MR) is 92.4 cm³/mol. The maximum absolute atomic E-state index is 11.2. The first-order valence-corrected chi connectivity index (χ1v) is 8.02. The van der Waals surface area contributed by atoms with Gasteiger partial charge in [-0.1, -0.05) is 48.5 Å². The Labute approximate surface area is 134 Å². The van der Waals surface area contributed by atoms with Gasteiger partial charge in [0, 0.05) is 5.75 Å². The van der Waals surface area contributed by atoms with Crippen LogP contribution in [0.25, 0.3) is 0 Å². The van der Waals surface area contributed by atoms with E-state index in [0.717, 1.165) is 17.0 Å². The van der Waals surface area contributed by atoms with Gasteiger partial charge in [0.25, 0.3) is 0 Å². The molecule has 0 heterocycles. The van der Waals surface area contributed by atoms with Crippen LogP contribution in [-0.2, 0) is 9.53 Å². The average molecular weight is 314 g/mol. The van der Waals surface area contributed by atoms with E-state index in [1.807, 2.05) is 60.7 Å². The smallest absolute Gasteiger partial charge is 0.315 e. The normalized spacial score (nSPS) is 11.0. The van der Waals surface area contributed by atoms with Crippen molar-refractivity contribution in [2.75, 3.05) is 24.0 Å². The summed E-state index contributed by atoms with van der Waals surface area (Å²) >= 11 is 1.48. The van der Waals surface area contributed by atoms with Crippen molar-refractivity contribution in [1.29, 1.82) is 0 Å². The third kappa shape index (κ3) is 5.26. The van der Waals surface area contributed by atoms with Gasteiger partial charge in [0.1, 0.15) is 0 Å². The summed E-state index contributed by atoms with van der Waals surface area (Å²) in [7, 11) is 1.39. The Morgan fingerprint density at radius 1 is 1.05 bits per heavy atom. The molecule has 4 nitrogen and oxygen atoms in total. The van der Waals surface area contributed by atoms with Gasteiger partial charge in [-0.2, -0.15) is 5.10 Å². The summed E-state index contributed by atoms with van der Waals surface area (Å²) in [5.74, 6) is 0.709. The second kappa shape index (κ2) is 8.89. The second-order valence-corrected chi connectivity index (χ2v) is 5.46. The lowest BCUT2D eigenvalue weighted by Crippen LogP contribution is -2.11. The highest BCUT2D eigenvalue weighted by Crippen LogP contribution is 2.11. The molecule has 0 unspecified atom stereocenters. The van der Waals surface area contributed by atoms with Crippen molar-refractivity contribution < 1.29 is 9.53 Å². The number of rotatable bonds is 7. The number of carbonyl (C=O) groups is 1. The van der Waals surface area contributed by atoms with Crippen LogP contribution in [0, 0.1) is 0 Å². The summed E-state index contributed by atoms with van der Waals surface area (Å²) in [4.78, 5) is 11.2. The molecule has 5 heteroatoms. The lowest BCUT2D eigenvalue weighted by Gasteiger charge is -2.08. The molecule has 0 radical (unpaired) electrons. The van der Waals surface area contributed by atoms with Gasteiger partial charge in [0.05, 0.1) is 24.3 Å². The van der Waals surface area contributed by atoms with Crippen LogP contribution in [0.4, 0.5) is 5.69 Å². The lowest BCUT2D eigenvalue weighted by atomic mass is 10.1. The monoisotopic (exact) mass is 314 g/mol. The number of carbonyl (C=O) groups excluding carboxylic acids is 1. The largest absolute Gasteiger partial charge is 0.468 e. The van der Waals surface area contributed by atoms with Crippen molar-refractivity contribution in [2.24, 2.45) is 5.10 Å². The molecule has 0 spiro atoms. The van der Waals surface area contributed by atoms with Crippen molar-refractivity contribution in [2.45, 2.75) is 0 Å². The number of esters is 1. The minimum atomic E-state index is -0.228. The van der Waals surface area contributed by atoms with Gasteiger partial charge in [-0.3, -0.25) is 10.2 Å². The minimum absolute atomic E-state index is 0.228. The molecule has 1 N–H and O–H groups in total. The number of nitrogens with zero attached hydrogens (tertiary/aromatic N) is 1. The molecule has 114 valence electrons. The minimum Gasteiger partial charge on any atom is -0.468 e. The molecule has 0 saturated heterocycles. The maximum Gasteiger partial charge on any atom is 0.315 e. The fraction of sp³-hybridized carbons (Fsp3) is 0.176. The highest BCUT2D eigenvalue weighted by atomic mass is 32.2. The molecule has 22 heavy (non-hydrogen) atoms. The van der Waals surface area contributed by atoms with Gasteiger partial charge in [-0.25, -0.2) is 0 Å². The number of thioether (sulfide) groups is 1. The molecular weight excluding hydrogens is 296 g/mol. The van der Waals surface area contributed by atoms with Gasteiger partial charge in [0.15, 0.2) is 0 Å². The Kier molecular flexibility index (Phi) is 6.51. The predicted octanol–water partition coefficient (Wildman–Crippen LogP) is 3.41. The van der Waals surface area contributed by atoms with Crippen LogP contribution in [-0.4, -0.2) is 30.3 Å². The third-order valence-electron chi connectivity index (χ3n) is 2.89. The zero-order valence-electron chi connectivity index (χ0n) is 12.4. The van der Waals surface area contributed by atoms with Crippen LogP contribution in [0.5, 0.6) is 0 Å². The Morgan fingerprint density at radius 2 is 1.68 bits per heavy atom. The zero-order valence-corrected chi connectivity index (χ0v) is 13.2. The summed E-state index contributed by atoms with van der Waals surface area (Å²) in [5.41, 5.74) is 5.90. The van der Waals surface area contributed by atoms with E-state index in [2.05, 4.69) is 15.3 Å². The molecule has 0 aromatic heterocycles. The molecule has 0 fully saturated rings. The Bertz CT molecular complexity index is 615. The number of hydrazone groups is 1. The molecule has 0 atom stereocenters. The maximum atomic E-state index is 11.2. The number of nitrogens with one attached hydrogen (secondary N) is 1. The van der Waals surface area contributed by atoms with E-state index in [4.69, 9.17) is 0 Å². The quantitative estimate of drug-likeness (QED) is 0.483. The number of benzene rings is 2. The third-order valence-corrected chi connectivity index (χ3v) is 3.80. The highest BCUT2D eigenvalue weighted by molar-refractivity contribution is 8.00. The molecular formula is C17H18N2O2S. The summed E-state index contributed by atoms with van der Waals surface area (Å²) in [6, 6.07) is 19.7. The zero-order chi connectivity index (χ0) is 15.6. The number of anilines is 1. The molecule has 0 aliphatic rings. The van der Waals surface area contributed by atoms with Crippen molar-refractivity contribution in [1.82, 2.24) is 0 Å². The number of hydrogen-bond acceptors (Lipinski definition) is 5. The fourth-order valence-electron chi connectivity index (χ4n) is 1.75. The summed E-state index contributed by atoms with van der Waals surface area (Å²) < 4.78 is 4.65. The standard InChI is InChI=1S/C17H18N2O2S/c1-21-17(20)13-22-12-16(14-8-4-2-5-9-14)19-18-15-10-6-3-7-11-15/h2-11,18H,12-13H2,1H3/b19-16+. The van der Waals surface area contributed by atoms with E-state index in [0.29, 0.717) is 11.5 Å². The van der Waals surface area contributed by atoms with Crippen LogP contribution in [0.1, 0.15) is 5.56 Å². The first-order chi connectivity index (χ1) is 10.8. The Morgan fingerprint density at radius 3 is 2.32 bits per heavy atom. The molecule has 0 aliphatic carbocycles. The van der Waals surface area contributed by atoms with E-state index >= 15 is 0 Å². The highest BCUT2D eigenvalue weighted by Gasteiger charge is 2.06. The van der Waals surface area contributed by atoms with Crippen LogP contribution in [0.3, 0.4) is 0 Å². The topological polar surface area (TPSA) is 50.7 Å². The summed E-state index contributed by atoms with van der Waals surface area (Å²) in [5, 5.41) is 4.48. The Balaban J connectivity index is 2.06.